The minimum Gasteiger partial charge on any atom is -0.307 e. The lowest BCUT2D eigenvalue weighted by atomic mass is 9.96. The Bertz CT molecular complexity index is 297. The van der Waals surface area contributed by atoms with Crippen molar-refractivity contribution in [2.75, 3.05) is 0 Å². The molecule has 17 heavy (non-hydrogen) atoms. The van der Waals surface area contributed by atoms with Crippen molar-refractivity contribution >= 4 is 0 Å². The van der Waals surface area contributed by atoms with Gasteiger partial charge in [0.1, 0.15) is 0 Å². The Morgan fingerprint density at radius 1 is 1.12 bits per heavy atom. The lowest BCUT2D eigenvalue weighted by molar-refractivity contribution is 0.359. The van der Waals surface area contributed by atoms with Gasteiger partial charge in [-0.2, -0.15) is 0 Å². The molecule has 0 saturated carbocycles. The Morgan fingerprint density at radius 2 is 1.76 bits per heavy atom. The van der Waals surface area contributed by atoms with Crippen LogP contribution in [0.3, 0.4) is 0 Å². The number of nitrogens with zero attached hydrogens (tertiary/aromatic N) is 1. The quantitative estimate of drug-likeness (QED) is 0.772. The summed E-state index contributed by atoms with van der Waals surface area (Å²) in [7, 11) is 0. The van der Waals surface area contributed by atoms with Crippen LogP contribution in [0.15, 0.2) is 24.5 Å². The molecular weight excluding hydrogens is 208 g/mol. The first kappa shape index (κ1) is 14.2. The molecule has 0 aliphatic carbocycles. The minimum atomic E-state index is 0.409. The van der Waals surface area contributed by atoms with Gasteiger partial charge in [-0.15, -0.1) is 0 Å². The largest absolute Gasteiger partial charge is 0.307 e. The van der Waals surface area contributed by atoms with E-state index >= 15 is 0 Å². The predicted octanol–water partition coefficient (Wildman–Crippen LogP) is 3.95. The van der Waals surface area contributed by atoms with Crippen LogP contribution in [0.4, 0.5) is 0 Å². The zero-order chi connectivity index (χ0) is 12.7. The van der Waals surface area contributed by atoms with Crippen molar-refractivity contribution in [3.05, 3.63) is 30.1 Å². The van der Waals surface area contributed by atoms with Gasteiger partial charge >= 0.3 is 0 Å². The van der Waals surface area contributed by atoms with Gasteiger partial charge in [0.05, 0.1) is 0 Å². The first-order chi connectivity index (χ1) is 8.17. The summed E-state index contributed by atoms with van der Waals surface area (Å²) in [6, 6.07) is 5.21. The molecule has 0 aliphatic heterocycles. The molecule has 1 aromatic rings. The van der Waals surface area contributed by atoms with Crippen molar-refractivity contribution in [1.29, 1.82) is 0 Å². The van der Waals surface area contributed by atoms with Gasteiger partial charge in [-0.1, -0.05) is 27.2 Å². The maximum absolute atomic E-state index is 4.06. The van der Waals surface area contributed by atoms with Crippen molar-refractivity contribution in [2.24, 2.45) is 5.92 Å². The van der Waals surface area contributed by atoms with Crippen LogP contribution in [0.5, 0.6) is 0 Å². The molecule has 0 aliphatic rings. The molecule has 3 atom stereocenters. The van der Waals surface area contributed by atoms with Crippen LogP contribution < -0.4 is 5.32 Å². The normalized spacial score (nSPS) is 16.5. The first-order valence-corrected chi connectivity index (χ1v) is 6.83. The molecule has 0 saturated heterocycles. The van der Waals surface area contributed by atoms with Gasteiger partial charge in [-0.3, -0.25) is 4.98 Å². The number of aromatic nitrogens is 1. The number of hydrogen-bond donors (Lipinski definition) is 1. The molecule has 1 heterocycles. The molecular formula is C15H26N2. The van der Waals surface area contributed by atoms with Gasteiger partial charge in [0.25, 0.3) is 0 Å². The van der Waals surface area contributed by atoms with Crippen LogP contribution in [0.25, 0.3) is 0 Å². The molecule has 1 N–H and O–H groups in total. The summed E-state index contributed by atoms with van der Waals surface area (Å²) in [6.07, 6.45) is 7.45. The van der Waals surface area contributed by atoms with Crippen LogP contribution in [0, 0.1) is 5.92 Å². The van der Waals surface area contributed by atoms with Gasteiger partial charge in [0.2, 0.25) is 0 Å². The summed E-state index contributed by atoms with van der Waals surface area (Å²) in [5.74, 6) is 0.803. The van der Waals surface area contributed by atoms with E-state index in [-0.39, 0.29) is 0 Å². The average molecular weight is 234 g/mol. The average Bonchev–Trinajstić information content (AvgIpc) is 2.38. The molecule has 0 aromatic carbocycles. The van der Waals surface area contributed by atoms with Gasteiger partial charge in [-0.25, -0.2) is 0 Å². The van der Waals surface area contributed by atoms with E-state index in [2.05, 4.69) is 50.1 Å². The molecule has 0 spiro atoms. The summed E-state index contributed by atoms with van der Waals surface area (Å²) in [5, 5.41) is 3.72. The maximum atomic E-state index is 4.06. The van der Waals surface area contributed by atoms with E-state index in [9.17, 15) is 0 Å². The summed E-state index contributed by atoms with van der Waals surface area (Å²) >= 11 is 0. The van der Waals surface area contributed by atoms with E-state index in [4.69, 9.17) is 0 Å². The molecule has 2 heteroatoms. The molecule has 0 fully saturated rings. The number of rotatable bonds is 7. The maximum Gasteiger partial charge on any atom is 0.0295 e. The Hall–Kier alpha value is -0.890. The van der Waals surface area contributed by atoms with E-state index in [0.717, 1.165) is 5.92 Å². The smallest absolute Gasteiger partial charge is 0.0295 e. The minimum absolute atomic E-state index is 0.409. The van der Waals surface area contributed by atoms with Gasteiger partial charge in [0.15, 0.2) is 0 Å². The molecule has 0 radical (unpaired) electrons. The predicted molar refractivity (Wildman–Crippen MR) is 73.9 cm³/mol. The van der Waals surface area contributed by atoms with Gasteiger partial charge < -0.3 is 5.32 Å². The second-order valence-corrected chi connectivity index (χ2v) is 5.02. The van der Waals surface area contributed by atoms with Gasteiger partial charge in [0, 0.05) is 24.5 Å². The third kappa shape index (κ3) is 4.86. The third-order valence-corrected chi connectivity index (χ3v) is 3.57. The second kappa shape index (κ2) is 7.44. The second-order valence-electron chi connectivity index (χ2n) is 5.02. The topological polar surface area (TPSA) is 24.9 Å². The van der Waals surface area contributed by atoms with E-state index in [0.29, 0.717) is 12.1 Å². The summed E-state index contributed by atoms with van der Waals surface area (Å²) < 4.78 is 0. The third-order valence-electron chi connectivity index (χ3n) is 3.57. The lowest BCUT2D eigenvalue weighted by Gasteiger charge is -2.24. The highest BCUT2D eigenvalue weighted by Gasteiger charge is 2.13. The lowest BCUT2D eigenvalue weighted by Crippen LogP contribution is -2.32. The molecule has 96 valence electrons. The highest BCUT2D eigenvalue weighted by Crippen LogP contribution is 2.17. The Balaban J connectivity index is 2.50. The van der Waals surface area contributed by atoms with Crippen molar-refractivity contribution in [2.45, 2.75) is 59.0 Å². The molecule has 1 aromatic heterocycles. The molecule has 1 rings (SSSR count). The highest BCUT2D eigenvalue weighted by molar-refractivity contribution is 5.14. The van der Waals surface area contributed by atoms with Crippen LogP contribution in [-0.4, -0.2) is 11.0 Å². The van der Waals surface area contributed by atoms with Crippen molar-refractivity contribution in [1.82, 2.24) is 10.3 Å². The molecule has 0 bridgehead atoms. The van der Waals surface area contributed by atoms with Gasteiger partial charge in [-0.05, 0) is 43.4 Å². The number of nitrogens with one attached hydrogen (secondary N) is 1. The summed E-state index contributed by atoms with van der Waals surface area (Å²) in [6.45, 7) is 9.10. The van der Waals surface area contributed by atoms with E-state index in [1.54, 1.807) is 0 Å². The SMILES string of the molecule is CCC(C)CC(CC)NC(C)c1ccncc1. The fourth-order valence-corrected chi connectivity index (χ4v) is 2.11. The highest BCUT2D eigenvalue weighted by atomic mass is 14.9. The number of hydrogen-bond acceptors (Lipinski definition) is 2. The monoisotopic (exact) mass is 234 g/mol. The summed E-state index contributed by atoms with van der Waals surface area (Å²) in [5.41, 5.74) is 1.32. The zero-order valence-electron chi connectivity index (χ0n) is 11.6. The van der Waals surface area contributed by atoms with Crippen molar-refractivity contribution in [3.63, 3.8) is 0 Å². The molecule has 3 unspecified atom stereocenters. The Labute approximate surface area is 106 Å². The number of pyridine rings is 1. The Morgan fingerprint density at radius 3 is 2.29 bits per heavy atom. The van der Waals surface area contributed by atoms with Crippen LogP contribution in [-0.2, 0) is 0 Å². The summed E-state index contributed by atoms with van der Waals surface area (Å²) in [4.78, 5) is 4.06. The van der Waals surface area contributed by atoms with Crippen LogP contribution in [0.2, 0.25) is 0 Å². The fraction of sp³-hybridized carbons (Fsp3) is 0.667. The Kier molecular flexibility index (Phi) is 6.20. The molecule has 0 amide bonds. The van der Waals surface area contributed by atoms with Crippen LogP contribution in [0.1, 0.15) is 58.6 Å². The zero-order valence-corrected chi connectivity index (χ0v) is 11.6. The molecule has 2 nitrogen and oxygen atoms in total. The van der Waals surface area contributed by atoms with E-state index in [1.807, 2.05) is 12.4 Å². The first-order valence-electron chi connectivity index (χ1n) is 6.83. The van der Waals surface area contributed by atoms with E-state index < -0.39 is 0 Å². The van der Waals surface area contributed by atoms with Crippen LogP contribution >= 0.6 is 0 Å². The standard InChI is InChI=1S/C15H26N2/c1-5-12(3)11-15(6-2)17-13(4)14-7-9-16-10-8-14/h7-10,12-13,15,17H,5-6,11H2,1-4H3. The van der Waals surface area contributed by atoms with E-state index in [1.165, 1.54) is 24.8 Å². The fourth-order valence-electron chi connectivity index (χ4n) is 2.11. The van der Waals surface area contributed by atoms with Crippen molar-refractivity contribution in [3.8, 4) is 0 Å². The van der Waals surface area contributed by atoms with Crippen molar-refractivity contribution < 1.29 is 0 Å².